The lowest BCUT2D eigenvalue weighted by molar-refractivity contribution is -0.0149. The van der Waals surface area contributed by atoms with Gasteiger partial charge in [0.1, 0.15) is 0 Å². The molecule has 1 aromatic rings. The minimum Gasteiger partial charge on any atom is -0.450 e. The van der Waals surface area contributed by atoms with Crippen molar-refractivity contribution in [2.45, 2.75) is 70.5 Å². The third-order valence-corrected chi connectivity index (χ3v) is 8.93. The summed E-state index contributed by atoms with van der Waals surface area (Å²) in [5.41, 5.74) is 1.25. The van der Waals surface area contributed by atoms with E-state index in [1.165, 1.54) is 25.7 Å². The predicted octanol–water partition coefficient (Wildman–Crippen LogP) is 3.82. The first-order valence-electron chi connectivity index (χ1n) is 13.6. The number of nitrogens with zero attached hydrogens (tertiary/aromatic N) is 5. The molecular weight excluding hydrogens is 442 g/mol. The second-order valence-electron chi connectivity index (χ2n) is 11.2. The number of likely N-dealkylation sites (tertiary alicyclic amines) is 3. The maximum atomic E-state index is 13.3. The van der Waals surface area contributed by atoms with E-state index in [4.69, 9.17) is 4.74 Å². The summed E-state index contributed by atoms with van der Waals surface area (Å²) in [4.78, 5) is 38.3. The molecule has 1 saturated carbocycles. The number of hydrogen-bond donors (Lipinski definition) is 0. The number of rotatable bonds is 5. The quantitative estimate of drug-likeness (QED) is 0.637. The lowest BCUT2D eigenvalue weighted by atomic mass is 9.64. The highest BCUT2D eigenvalue weighted by Gasteiger charge is 2.51. The fraction of sp³-hybridized carbons (Fsp3) is 0.741. The molecule has 1 spiro atoms. The summed E-state index contributed by atoms with van der Waals surface area (Å²) in [6.45, 7) is 7.72. The second kappa shape index (κ2) is 10.3. The molecule has 1 atom stereocenters. The molecule has 192 valence electrons. The molecule has 4 aliphatic rings. The molecule has 0 radical (unpaired) electrons. The van der Waals surface area contributed by atoms with Crippen LogP contribution in [0.3, 0.4) is 0 Å². The van der Waals surface area contributed by atoms with Crippen LogP contribution in [0.4, 0.5) is 9.59 Å². The van der Waals surface area contributed by atoms with Crippen molar-refractivity contribution < 1.29 is 14.3 Å². The molecule has 0 bridgehead atoms. The Labute approximate surface area is 209 Å². The zero-order valence-corrected chi connectivity index (χ0v) is 21.4. The Balaban J connectivity index is 1.09. The Bertz CT molecular complexity index is 882. The molecule has 0 aromatic carbocycles. The molecule has 4 heterocycles. The molecule has 0 N–H and O–H groups in total. The second-order valence-corrected chi connectivity index (χ2v) is 11.2. The van der Waals surface area contributed by atoms with E-state index in [1.54, 1.807) is 6.20 Å². The number of carbonyl (C=O) groups excluding carboxylic acids is 2. The highest BCUT2D eigenvalue weighted by molar-refractivity contribution is 5.74. The molecule has 8 heteroatoms. The first-order chi connectivity index (χ1) is 17.0. The Hall–Kier alpha value is -2.35. The van der Waals surface area contributed by atoms with E-state index in [-0.39, 0.29) is 12.1 Å². The zero-order chi connectivity index (χ0) is 24.4. The molecule has 3 saturated heterocycles. The van der Waals surface area contributed by atoms with Gasteiger partial charge in [-0.15, -0.1) is 0 Å². The van der Waals surface area contributed by atoms with Crippen LogP contribution in [0, 0.1) is 11.3 Å². The van der Waals surface area contributed by atoms with Crippen molar-refractivity contribution in [2.24, 2.45) is 11.3 Å². The molecule has 8 nitrogen and oxygen atoms in total. The third-order valence-electron chi connectivity index (χ3n) is 8.93. The van der Waals surface area contributed by atoms with E-state index in [0.717, 1.165) is 57.7 Å². The highest BCUT2D eigenvalue weighted by atomic mass is 16.6. The summed E-state index contributed by atoms with van der Waals surface area (Å²) in [5, 5.41) is 0. The summed E-state index contributed by atoms with van der Waals surface area (Å²) in [7, 11) is 1.90. The summed E-state index contributed by atoms with van der Waals surface area (Å²) in [6.07, 6.45) is 9.76. The molecule has 3 amide bonds. The minimum atomic E-state index is -0.144. The van der Waals surface area contributed by atoms with Gasteiger partial charge in [-0.3, -0.25) is 4.98 Å². The van der Waals surface area contributed by atoms with Crippen LogP contribution >= 0.6 is 0 Å². The number of ether oxygens (including phenoxy) is 1. The van der Waals surface area contributed by atoms with Crippen molar-refractivity contribution >= 4 is 12.1 Å². The van der Waals surface area contributed by atoms with Gasteiger partial charge < -0.3 is 24.3 Å². The van der Waals surface area contributed by atoms with Crippen molar-refractivity contribution in [3.8, 4) is 0 Å². The standard InChI is InChI=1S/C27H41N5O3/c1-3-35-26(34)31-16-11-27(20-31)17-23(18-27)30-14-9-21(10-15-30)24-8-6-13-32(24)25(33)29(2)19-22-7-4-5-12-28-22/h4-5,7,12,21,23-24H,3,6,8-11,13-20H2,1-2H3/t23?,24-,27?/m0/s1. The Morgan fingerprint density at radius 2 is 1.94 bits per heavy atom. The molecule has 35 heavy (non-hydrogen) atoms. The number of aromatic nitrogens is 1. The summed E-state index contributed by atoms with van der Waals surface area (Å²) < 4.78 is 5.20. The van der Waals surface area contributed by atoms with E-state index in [1.807, 2.05) is 42.0 Å². The number of amides is 3. The van der Waals surface area contributed by atoms with Gasteiger partial charge in [0.15, 0.2) is 0 Å². The number of urea groups is 1. The minimum absolute atomic E-state index is 0.144. The normalized spacial score (nSPS) is 29.4. The number of pyridine rings is 1. The van der Waals surface area contributed by atoms with Gasteiger partial charge in [0.2, 0.25) is 0 Å². The third kappa shape index (κ3) is 5.13. The smallest absolute Gasteiger partial charge is 0.409 e. The Morgan fingerprint density at radius 1 is 1.14 bits per heavy atom. The monoisotopic (exact) mass is 483 g/mol. The van der Waals surface area contributed by atoms with Gasteiger partial charge in [0.05, 0.1) is 18.8 Å². The molecule has 3 aliphatic heterocycles. The lowest BCUT2D eigenvalue weighted by Crippen LogP contribution is -2.55. The zero-order valence-electron chi connectivity index (χ0n) is 21.4. The van der Waals surface area contributed by atoms with E-state index < -0.39 is 0 Å². The first kappa shape index (κ1) is 24.3. The highest BCUT2D eigenvalue weighted by Crippen LogP contribution is 2.51. The van der Waals surface area contributed by atoms with Crippen molar-refractivity contribution in [2.75, 3.05) is 46.4 Å². The van der Waals surface area contributed by atoms with Crippen LogP contribution in [0.2, 0.25) is 0 Å². The number of piperidine rings is 1. The van der Waals surface area contributed by atoms with Gasteiger partial charge in [-0.05, 0) is 88.4 Å². The first-order valence-corrected chi connectivity index (χ1v) is 13.6. The molecular formula is C27H41N5O3. The van der Waals surface area contributed by atoms with Crippen LogP contribution in [-0.2, 0) is 11.3 Å². The van der Waals surface area contributed by atoms with E-state index in [9.17, 15) is 9.59 Å². The topological polar surface area (TPSA) is 69.2 Å². The number of hydrogen-bond acceptors (Lipinski definition) is 5. The Kier molecular flexibility index (Phi) is 7.19. The maximum absolute atomic E-state index is 13.3. The summed E-state index contributed by atoms with van der Waals surface area (Å²) in [5.74, 6) is 0.598. The molecule has 1 aliphatic carbocycles. The van der Waals surface area contributed by atoms with Crippen molar-refractivity contribution in [3.63, 3.8) is 0 Å². The maximum Gasteiger partial charge on any atom is 0.409 e. The van der Waals surface area contributed by atoms with Crippen molar-refractivity contribution in [1.82, 2.24) is 24.6 Å². The largest absolute Gasteiger partial charge is 0.450 e. The van der Waals surface area contributed by atoms with Gasteiger partial charge in [0.25, 0.3) is 0 Å². The summed E-state index contributed by atoms with van der Waals surface area (Å²) in [6, 6.07) is 7.03. The van der Waals surface area contributed by atoms with Crippen LogP contribution < -0.4 is 0 Å². The van der Waals surface area contributed by atoms with Crippen molar-refractivity contribution in [1.29, 1.82) is 0 Å². The lowest BCUT2D eigenvalue weighted by Gasteiger charge is -2.52. The average Bonchev–Trinajstić information content (AvgIpc) is 3.52. The average molecular weight is 484 g/mol. The number of carbonyl (C=O) groups is 2. The molecule has 0 unspecified atom stereocenters. The Morgan fingerprint density at radius 3 is 2.66 bits per heavy atom. The molecule has 4 fully saturated rings. The van der Waals surface area contributed by atoms with Crippen LogP contribution in [0.25, 0.3) is 0 Å². The van der Waals surface area contributed by atoms with Crippen LogP contribution in [0.1, 0.15) is 57.6 Å². The van der Waals surface area contributed by atoms with Gasteiger partial charge in [0, 0.05) is 45.0 Å². The van der Waals surface area contributed by atoms with Crippen LogP contribution in [0.5, 0.6) is 0 Å². The fourth-order valence-corrected chi connectivity index (χ4v) is 7.05. The van der Waals surface area contributed by atoms with Crippen LogP contribution in [-0.4, -0.2) is 95.2 Å². The molecule has 1 aromatic heterocycles. The van der Waals surface area contributed by atoms with Gasteiger partial charge in [-0.25, -0.2) is 9.59 Å². The summed E-state index contributed by atoms with van der Waals surface area (Å²) >= 11 is 0. The van der Waals surface area contributed by atoms with E-state index in [2.05, 4.69) is 14.8 Å². The van der Waals surface area contributed by atoms with Gasteiger partial charge in [-0.1, -0.05) is 6.07 Å². The SMILES string of the molecule is CCOC(=O)N1CCC2(CC(N3CCC([C@@H]4CCCN4C(=O)N(C)Cc4ccccn4)CC3)C2)C1. The van der Waals surface area contributed by atoms with Crippen molar-refractivity contribution in [3.05, 3.63) is 30.1 Å². The van der Waals surface area contributed by atoms with Crippen LogP contribution in [0.15, 0.2) is 24.4 Å². The fourth-order valence-electron chi connectivity index (χ4n) is 7.05. The van der Waals surface area contributed by atoms with Gasteiger partial charge in [-0.2, -0.15) is 0 Å². The molecule has 5 rings (SSSR count). The van der Waals surface area contributed by atoms with E-state index >= 15 is 0 Å². The van der Waals surface area contributed by atoms with E-state index in [0.29, 0.717) is 36.6 Å². The van der Waals surface area contributed by atoms with Gasteiger partial charge >= 0.3 is 12.1 Å². The predicted molar refractivity (Wildman–Crippen MR) is 134 cm³/mol.